The molecule has 0 saturated heterocycles. The number of hydrogen-bond acceptors (Lipinski definition) is 6. The van der Waals surface area contributed by atoms with Crippen molar-refractivity contribution in [1.29, 1.82) is 0 Å². The van der Waals surface area contributed by atoms with Crippen molar-refractivity contribution in [3.8, 4) is 5.75 Å². The summed E-state index contributed by atoms with van der Waals surface area (Å²) in [5.74, 6) is -0.201. The second-order valence-corrected chi connectivity index (χ2v) is 8.42. The molecule has 0 radical (unpaired) electrons. The lowest BCUT2D eigenvalue weighted by Gasteiger charge is -2.30. The molecule has 0 fully saturated rings. The molecule has 0 bridgehead atoms. The summed E-state index contributed by atoms with van der Waals surface area (Å²) in [7, 11) is -3.61. The van der Waals surface area contributed by atoms with Gasteiger partial charge in [-0.15, -0.1) is 0 Å². The number of benzene rings is 2. The molecule has 2 aromatic rings. The van der Waals surface area contributed by atoms with E-state index in [4.69, 9.17) is 14.7 Å². The summed E-state index contributed by atoms with van der Waals surface area (Å²) < 4.78 is 32.7. The van der Waals surface area contributed by atoms with Crippen LogP contribution in [0.25, 0.3) is 0 Å². The van der Waals surface area contributed by atoms with E-state index in [-0.39, 0.29) is 24.2 Å². The largest absolute Gasteiger partial charge is 0.463 e. The Hall–Kier alpha value is -2.38. The van der Waals surface area contributed by atoms with Crippen LogP contribution < -0.4 is 9.92 Å². The summed E-state index contributed by atoms with van der Waals surface area (Å²) in [5.41, 5.74) is 7.31. The van der Waals surface area contributed by atoms with E-state index < -0.39 is 15.7 Å². The molecule has 7 heteroatoms. The first-order valence-corrected chi connectivity index (χ1v) is 10.4. The Bertz CT molecular complexity index is 863. The van der Waals surface area contributed by atoms with E-state index in [1.165, 1.54) is 12.1 Å². The number of esters is 1. The predicted octanol–water partition coefficient (Wildman–Crippen LogP) is 2.76. The highest BCUT2D eigenvalue weighted by Crippen LogP contribution is 2.29. The van der Waals surface area contributed by atoms with Crippen molar-refractivity contribution in [3.63, 3.8) is 0 Å². The molecule has 0 aromatic heterocycles. The van der Waals surface area contributed by atoms with E-state index in [1.807, 2.05) is 30.3 Å². The third-order valence-corrected chi connectivity index (χ3v) is 4.36. The number of ether oxygens (including phenoxy) is 1. The van der Waals surface area contributed by atoms with Gasteiger partial charge in [0.05, 0.1) is 24.3 Å². The SMILES string of the molecule is CC(C)OC(=O)CC(N)(Cc1ccccc1)c1ccc(OS(C)(=O)=O)cc1. The fraction of sp³-hybridized carbons (Fsp3) is 0.350. The molecular formula is C20H25NO5S. The molecule has 146 valence electrons. The van der Waals surface area contributed by atoms with Crippen molar-refractivity contribution in [2.24, 2.45) is 5.73 Å². The van der Waals surface area contributed by atoms with Gasteiger partial charge in [0.1, 0.15) is 5.75 Å². The second kappa shape index (κ2) is 8.54. The molecule has 0 spiro atoms. The lowest BCUT2D eigenvalue weighted by atomic mass is 9.82. The minimum absolute atomic E-state index is 0.00758. The molecule has 2 rings (SSSR count). The predicted molar refractivity (Wildman–Crippen MR) is 104 cm³/mol. The van der Waals surface area contributed by atoms with Crippen molar-refractivity contribution in [2.75, 3.05) is 6.26 Å². The fourth-order valence-electron chi connectivity index (χ4n) is 2.81. The van der Waals surface area contributed by atoms with Crippen molar-refractivity contribution >= 4 is 16.1 Å². The summed E-state index contributed by atoms with van der Waals surface area (Å²) in [6.07, 6.45) is 1.16. The van der Waals surface area contributed by atoms with Gasteiger partial charge >= 0.3 is 16.1 Å². The number of carbonyl (C=O) groups excluding carboxylic acids is 1. The Morgan fingerprint density at radius 1 is 1.07 bits per heavy atom. The first-order valence-electron chi connectivity index (χ1n) is 8.60. The van der Waals surface area contributed by atoms with Gasteiger partial charge < -0.3 is 14.7 Å². The minimum atomic E-state index is -3.61. The maximum atomic E-state index is 12.3. The summed E-state index contributed by atoms with van der Waals surface area (Å²) in [6, 6.07) is 16.0. The number of carbonyl (C=O) groups is 1. The van der Waals surface area contributed by atoms with Crippen molar-refractivity contribution < 1.29 is 22.1 Å². The number of hydrogen-bond donors (Lipinski definition) is 1. The van der Waals surface area contributed by atoms with E-state index >= 15 is 0 Å². The summed E-state index contributed by atoms with van der Waals surface area (Å²) >= 11 is 0. The topological polar surface area (TPSA) is 95.7 Å². The Kier molecular flexibility index (Phi) is 6.62. The smallest absolute Gasteiger partial charge is 0.308 e. The van der Waals surface area contributed by atoms with Gasteiger partial charge in [-0.05, 0) is 43.5 Å². The zero-order valence-corrected chi connectivity index (χ0v) is 16.5. The highest BCUT2D eigenvalue weighted by atomic mass is 32.2. The van der Waals surface area contributed by atoms with Crippen molar-refractivity contribution in [2.45, 2.75) is 38.3 Å². The van der Waals surface area contributed by atoms with Gasteiger partial charge in [-0.2, -0.15) is 8.42 Å². The molecule has 2 aromatic carbocycles. The molecule has 0 saturated carbocycles. The zero-order chi connectivity index (χ0) is 20.1. The normalized spacial score (nSPS) is 13.8. The summed E-state index contributed by atoms with van der Waals surface area (Å²) in [6.45, 7) is 3.56. The zero-order valence-electron chi connectivity index (χ0n) is 15.7. The standard InChI is InChI=1S/C20H25NO5S/c1-15(2)25-19(22)14-20(21,13-16-7-5-4-6-8-16)17-9-11-18(12-10-17)26-27(3,23)24/h4-12,15H,13-14,21H2,1-3H3. The van der Waals surface area contributed by atoms with Crippen LogP contribution in [0, 0.1) is 0 Å². The Morgan fingerprint density at radius 3 is 2.19 bits per heavy atom. The van der Waals surface area contributed by atoms with E-state index in [2.05, 4.69) is 0 Å². The highest BCUT2D eigenvalue weighted by Gasteiger charge is 2.32. The van der Waals surface area contributed by atoms with Gasteiger partial charge in [0, 0.05) is 0 Å². The van der Waals surface area contributed by atoms with Gasteiger partial charge in [-0.3, -0.25) is 4.79 Å². The third-order valence-electron chi connectivity index (χ3n) is 3.87. The van der Waals surface area contributed by atoms with E-state index in [0.29, 0.717) is 12.0 Å². The van der Waals surface area contributed by atoms with Gasteiger partial charge in [0.25, 0.3) is 0 Å². The molecule has 27 heavy (non-hydrogen) atoms. The molecule has 1 unspecified atom stereocenters. The molecular weight excluding hydrogens is 366 g/mol. The van der Waals surface area contributed by atoms with Crippen LogP contribution in [0.15, 0.2) is 54.6 Å². The van der Waals surface area contributed by atoms with Gasteiger partial charge in [-0.25, -0.2) is 0 Å². The van der Waals surface area contributed by atoms with Gasteiger partial charge in [-0.1, -0.05) is 42.5 Å². The van der Waals surface area contributed by atoms with E-state index in [1.54, 1.807) is 26.0 Å². The molecule has 0 aliphatic heterocycles. The molecule has 0 heterocycles. The third kappa shape index (κ3) is 6.69. The first kappa shape index (κ1) is 20.9. The van der Waals surface area contributed by atoms with Crippen LogP contribution in [0.2, 0.25) is 0 Å². The molecule has 1 atom stereocenters. The molecule has 2 N–H and O–H groups in total. The fourth-order valence-corrected chi connectivity index (χ4v) is 3.27. The number of nitrogens with two attached hydrogens (primary N) is 1. The molecule has 0 aliphatic carbocycles. The van der Waals surface area contributed by atoms with Crippen LogP contribution in [0.5, 0.6) is 5.75 Å². The van der Waals surface area contributed by atoms with Crippen molar-refractivity contribution in [1.82, 2.24) is 0 Å². The van der Waals surface area contributed by atoms with Crippen LogP contribution >= 0.6 is 0 Å². The maximum absolute atomic E-state index is 12.3. The van der Waals surface area contributed by atoms with Gasteiger partial charge in [0.2, 0.25) is 0 Å². The van der Waals surface area contributed by atoms with Gasteiger partial charge in [0.15, 0.2) is 0 Å². The quantitative estimate of drug-likeness (QED) is 0.549. The van der Waals surface area contributed by atoms with Crippen LogP contribution in [0.1, 0.15) is 31.4 Å². The van der Waals surface area contributed by atoms with Crippen LogP contribution in [0.4, 0.5) is 0 Å². The molecule has 0 amide bonds. The molecule has 6 nitrogen and oxygen atoms in total. The second-order valence-electron chi connectivity index (χ2n) is 6.85. The maximum Gasteiger partial charge on any atom is 0.308 e. The average molecular weight is 391 g/mol. The Labute approximate surface area is 160 Å². The Balaban J connectivity index is 2.31. The monoisotopic (exact) mass is 391 g/mol. The Morgan fingerprint density at radius 2 is 1.67 bits per heavy atom. The summed E-state index contributed by atoms with van der Waals surface area (Å²) in [5, 5.41) is 0. The van der Waals surface area contributed by atoms with Crippen molar-refractivity contribution in [3.05, 3.63) is 65.7 Å². The van der Waals surface area contributed by atoms with Crippen LogP contribution in [-0.2, 0) is 31.6 Å². The van der Waals surface area contributed by atoms with E-state index in [9.17, 15) is 13.2 Å². The first-order chi connectivity index (χ1) is 12.6. The van der Waals surface area contributed by atoms with E-state index in [0.717, 1.165) is 11.8 Å². The average Bonchev–Trinajstić information content (AvgIpc) is 2.53. The van der Waals surface area contributed by atoms with Crippen LogP contribution in [-0.4, -0.2) is 26.7 Å². The van der Waals surface area contributed by atoms with Crippen LogP contribution in [0.3, 0.4) is 0 Å². The summed E-state index contributed by atoms with van der Waals surface area (Å²) in [4.78, 5) is 12.3. The minimum Gasteiger partial charge on any atom is -0.463 e. The lowest BCUT2D eigenvalue weighted by molar-refractivity contribution is -0.148. The lowest BCUT2D eigenvalue weighted by Crippen LogP contribution is -2.42. The molecule has 0 aliphatic rings. The highest BCUT2D eigenvalue weighted by molar-refractivity contribution is 7.86. The number of rotatable bonds is 8.